The first-order valence-corrected chi connectivity index (χ1v) is 8.58. The lowest BCUT2D eigenvalue weighted by Gasteiger charge is -2.38. The van der Waals surface area contributed by atoms with Crippen LogP contribution in [-0.4, -0.2) is 47.4 Å². The van der Waals surface area contributed by atoms with Crippen LogP contribution in [0.2, 0.25) is 0 Å². The van der Waals surface area contributed by atoms with Crippen molar-refractivity contribution < 1.29 is 9.59 Å². The van der Waals surface area contributed by atoms with Crippen molar-refractivity contribution in [3.05, 3.63) is 35.9 Å². The van der Waals surface area contributed by atoms with Crippen LogP contribution in [0.1, 0.15) is 37.7 Å². The fourth-order valence-corrected chi connectivity index (χ4v) is 3.75. The Bertz CT molecular complexity index is 534. The van der Waals surface area contributed by atoms with Crippen LogP contribution in [0.5, 0.6) is 0 Å². The lowest BCUT2D eigenvalue weighted by atomic mass is 9.99. The highest BCUT2D eigenvalue weighted by Gasteiger charge is 2.36. The van der Waals surface area contributed by atoms with Crippen LogP contribution in [0.3, 0.4) is 0 Å². The highest BCUT2D eigenvalue weighted by atomic mass is 16.2. The molecule has 0 saturated carbocycles. The molecule has 0 bridgehead atoms. The Morgan fingerprint density at radius 2 is 1.96 bits per heavy atom. The van der Waals surface area contributed by atoms with Crippen molar-refractivity contribution in [1.82, 2.24) is 15.1 Å². The molecule has 0 aromatic heterocycles. The zero-order valence-electron chi connectivity index (χ0n) is 13.5. The number of hydrogen-bond acceptors (Lipinski definition) is 3. The summed E-state index contributed by atoms with van der Waals surface area (Å²) in [7, 11) is 0. The van der Waals surface area contributed by atoms with E-state index >= 15 is 0 Å². The molecular formula is C18H25N3O2. The molecule has 1 aromatic rings. The molecule has 5 heteroatoms. The number of likely N-dealkylation sites (tertiary alicyclic amines) is 2. The zero-order valence-corrected chi connectivity index (χ0v) is 13.5. The summed E-state index contributed by atoms with van der Waals surface area (Å²) in [6.45, 7) is 2.53. The van der Waals surface area contributed by atoms with Gasteiger partial charge in [0.2, 0.25) is 12.3 Å². The number of carbonyl (C=O) groups excluding carboxylic acids is 2. The summed E-state index contributed by atoms with van der Waals surface area (Å²) in [5.74, 6) is 0.178. The molecule has 0 aliphatic carbocycles. The Morgan fingerprint density at radius 3 is 2.74 bits per heavy atom. The van der Waals surface area contributed by atoms with Gasteiger partial charge in [0.05, 0.1) is 6.04 Å². The van der Waals surface area contributed by atoms with E-state index in [1.165, 1.54) is 5.56 Å². The molecule has 124 valence electrons. The third kappa shape index (κ3) is 3.72. The number of nitrogens with one attached hydrogen (secondary N) is 1. The topological polar surface area (TPSA) is 52.7 Å². The Morgan fingerprint density at radius 1 is 1.13 bits per heavy atom. The number of amides is 2. The second-order valence-corrected chi connectivity index (χ2v) is 6.44. The lowest BCUT2D eigenvalue weighted by molar-refractivity contribution is -0.140. The maximum Gasteiger partial charge on any atom is 0.241 e. The molecule has 23 heavy (non-hydrogen) atoms. The van der Waals surface area contributed by atoms with Crippen LogP contribution < -0.4 is 5.32 Å². The number of carbonyl (C=O) groups is 2. The van der Waals surface area contributed by atoms with Gasteiger partial charge < -0.3 is 10.2 Å². The molecule has 2 saturated heterocycles. The average molecular weight is 315 g/mol. The number of nitrogens with zero attached hydrogens (tertiary/aromatic N) is 2. The van der Waals surface area contributed by atoms with Crippen LogP contribution >= 0.6 is 0 Å². The Labute approximate surface area is 137 Å². The van der Waals surface area contributed by atoms with Crippen molar-refractivity contribution in [2.45, 2.75) is 50.9 Å². The van der Waals surface area contributed by atoms with Gasteiger partial charge in [-0.3, -0.25) is 14.5 Å². The van der Waals surface area contributed by atoms with Gasteiger partial charge in [0.25, 0.3) is 0 Å². The van der Waals surface area contributed by atoms with Crippen molar-refractivity contribution in [2.24, 2.45) is 0 Å². The van der Waals surface area contributed by atoms with Gasteiger partial charge in [-0.05, 0) is 37.8 Å². The summed E-state index contributed by atoms with van der Waals surface area (Å²) in [5, 5.41) is 2.79. The van der Waals surface area contributed by atoms with Crippen LogP contribution in [0.4, 0.5) is 0 Å². The fourth-order valence-electron chi connectivity index (χ4n) is 3.75. The Hall–Kier alpha value is -1.88. The number of rotatable bonds is 5. The van der Waals surface area contributed by atoms with E-state index in [4.69, 9.17) is 0 Å². The SMILES string of the molecule is O=CNC1CCCN1C(=O)C1CCCCN1Cc1ccccc1. The molecule has 2 heterocycles. The van der Waals surface area contributed by atoms with E-state index in [9.17, 15) is 9.59 Å². The van der Waals surface area contributed by atoms with E-state index in [2.05, 4.69) is 22.3 Å². The molecule has 2 aliphatic heterocycles. The van der Waals surface area contributed by atoms with Gasteiger partial charge in [0.1, 0.15) is 6.17 Å². The third-order valence-corrected chi connectivity index (χ3v) is 4.92. The van der Waals surface area contributed by atoms with Gasteiger partial charge in [0.15, 0.2) is 0 Å². The smallest absolute Gasteiger partial charge is 0.241 e. The quantitative estimate of drug-likeness (QED) is 0.842. The minimum Gasteiger partial charge on any atom is -0.338 e. The largest absolute Gasteiger partial charge is 0.338 e. The number of hydrogen-bond donors (Lipinski definition) is 1. The summed E-state index contributed by atoms with van der Waals surface area (Å²) in [4.78, 5) is 27.9. The van der Waals surface area contributed by atoms with Crippen molar-refractivity contribution in [3.8, 4) is 0 Å². The molecule has 3 rings (SSSR count). The summed E-state index contributed by atoms with van der Waals surface area (Å²) >= 11 is 0. The lowest BCUT2D eigenvalue weighted by Crippen LogP contribution is -2.54. The second kappa shape index (κ2) is 7.59. The molecule has 2 unspecified atom stereocenters. The van der Waals surface area contributed by atoms with Crippen LogP contribution in [0, 0.1) is 0 Å². The first-order valence-electron chi connectivity index (χ1n) is 8.58. The zero-order chi connectivity index (χ0) is 16.1. The van der Waals surface area contributed by atoms with Gasteiger partial charge in [-0.2, -0.15) is 0 Å². The highest BCUT2D eigenvalue weighted by molar-refractivity contribution is 5.82. The number of benzene rings is 1. The maximum absolute atomic E-state index is 13.0. The molecular weight excluding hydrogens is 290 g/mol. The van der Waals surface area contributed by atoms with Crippen molar-refractivity contribution in [3.63, 3.8) is 0 Å². The van der Waals surface area contributed by atoms with Crippen molar-refractivity contribution in [1.29, 1.82) is 0 Å². The van der Waals surface area contributed by atoms with Gasteiger partial charge in [0, 0.05) is 13.1 Å². The second-order valence-electron chi connectivity index (χ2n) is 6.44. The first kappa shape index (κ1) is 16.0. The summed E-state index contributed by atoms with van der Waals surface area (Å²) in [5.41, 5.74) is 1.25. The average Bonchev–Trinajstić information content (AvgIpc) is 3.04. The van der Waals surface area contributed by atoms with Gasteiger partial charge in [-0.15, -0.1) is 0 Å². The minimum atomic E-state index is -0.125. The molecule has 2 amide bonds. The minimum absolute atomic E-state index is 0.0574. The van der Waals surface area contributed by atoms with E-state index in [0.29, 0.717) is 6.41 Å². The third-order valence-electron chi connectivity index (χ3n) is 4.92. The summed E-state index contributed by atoms with van der Waals surface area (Å²) in [6, 6.07) is 10.3. The fraction of sp³-hybridized carbons (Fsp3) is 0.556. The molecule has 1 N–H and O–H groups in total. The maximum atomic E-state index is 13.0. The molecule has 5 nitrogen and oxygen atoms in total. The van der Waals surface area contributed by atoms with Gasteiger partial charge >= 0.3 is 0 Å². The van der Waals surface area contributed by atoms with Crippen LogP contribution in [-0.2, 0) is 16.1 Å². The molecule has 0 spiro atoms. The van der Waals surface area contributed by atoms with Crippen molar-refractivity contribution >= 4 is 12.3 Å². The monoisotopic (exact) mass is 315 g/mol. The van der Waals surface area contributed by atoms with E-state index < -0.39 is 0 Å². The van der Waals surface area contributed by atoms with E-state index in [0.717, 1.165) is 51.7 Å². The van der Waals surface area contributed by atoms with Crippen LogP contribution in [0.15, 0.2) is 30.3 Å². The number of piperidine rings is 1. The summed E-state index contributed by atoms with van der Waals surface area (Å²) in [6.07, 6.45) is 5.56. The van der Waals surface area contributed by atoms with Crippen molar-refractivity contribution in [2.75, 3.05) is 13.1 Å². The van der Waals surface area contributed by atoms with E-state index in [1.807, 2.05) is 23.1 Å². The van der Waals surface area contributed by atoms with Crippen LogP contribution in [0.25, 0.3) is 0 Å². The van der Waals surface area contributed by atoms with Gasteiger partial charge in [-0.25, -0.2) is 0 Å². The standard InChI is InChI=1S/C18H25N3O2/c22-14-19-17-10-6-12-21(17)18(23)16-9-4-5-11-20(16)13-15-7-2-1-3-8-15/h1-3,7-8,14,16-17H,4-6,9-13H2,(H,19,22). The molecule has 2 aliphatic rings. The predicted octanol–water partition coefficient (Wildman–Crippen LogP) is 1.74. The molecule has 1 aromatic carbocycles. The van der Waals surface area contributed by atoms with E-state index in [1.54, 1.807) is 0 Å². The Balaban J connectivity index is 1.70. The highest BCUT2D eigenvalue weighted by Crippen LogP contribution is 2.24. The molecule has 2 fully saturated rings. The summed E-state index contributed by atoms with van der Waals surface area (Å²) < 4.78 is 0. The normalized spacial score (nSPS) is 25.3. The Kier molecular flexibility index (Phi) is 5.28. The molecule has 2 atom stereocenters. The first-order chi connectivity index (χ1) is 11.3. The molecule has 0 radical (unpaired) electrons. The van der Waals surface area contributed by atoms with Gasteiger partial charge in [-0.1, -0.05) is 36.8 Å². The van der Waals surface area contributed by atoms with E-state index in [-0.39, 0.29) is 18.1 Å². The predicted molar refractivity (Wildman–Crippen MR) is 88.4 cm³/mol.